The van der Waals surface area contributed by atoms with Crippen molar-refractivity contribution in [2.45, 2.75) is 51.5 Å². The number of carbonyl (C=O) groups is 1. The van der Waals surface area contributed by atoms with Crippen LogP contribution in [0.2, 0.25) is 0 Å². The zero-order chi connectivity index (χ0) is 13.6. The molecule has 0 aromatic carbocycles. The van der Waals surface area contributed by atoms with Gasteiger partial charge in [-0.1, -0.05) is 19.3 Å². The third kappa shape index (κ3) is 4.91. The van der Waals surface area contributed by atoms with Gasteiger partial charge in [0.1, 0.15) is 0 Å². The number of carbonyl (C=O) groups excluding carboxylic acids is 1. The average molecular weight is 279 g/mol. The van der Waals surface area contributed by atoms with Gasteiger partial charge in [-0.3, -0.25) is 9.35 Å². The second kappa shape index (κ2) is 7.06. The first-order chi connectivity index (χ1) is 8.45. The molecule has 0 saturated heterocycles. The molecule has 0 radical (unpaired) electrons. The molecule has 6 nitrogen and oxygen atoms in total. The second-order valence-electron chi connectivity index (χ2n) is 4.44. The Balaban J connectivity index is 2.59. The number of hydrogen-bond donors (Lipinski definition) is 1. The standard InChI is InChI=1S/C11H21NO5S/c1-2-17-11(13)8-9-12(18(14,15)16)10-6-4-3-5-7-10/h10H,2-9H2,1H3,(H,14,15,16). The molecule has 7 heteroatoms. The molecule has 1 fully saturated rings. The summed E-state index contributed by atoms with van der Waals surface area (Å²) >= 11 is 0. The van der Waals surface area contributed by atoms with Crippen molar-refractivity contribution in [1.82, 2.24) is 4.31 Å². The highest BCUT2D eigenvalue weighted by atomic mass is 32.2. The normalized spacial score (nSPS) is 17.9. The van der Waals surface area contributed by atoms with Gasteiger partial charge in [0.2, 0.25) is 0 Å². The van der Waals surface area contributed by atoms with Gasteiger partial charge in [-0.05, 0) is 19.8 Å². The largest absolute Gasteiger partial charge is 0.466 e. The molecule has 18 heavy (non-hydrogen) atoms. The predicted molar refractivity (Wildman–Crippen MR) is 66.4 cm³/mol. The molecule has 0 atom stereocenters. The van der Waals surface area contributed by atoms with Gasteiger partial charge in [0.05, 0.1) is 13.0 Å². The third-order valence-electron chi connectivity index (χ3n) is 3.12. The van der Waals surface area contributed by atoms with Crippen LogP contribution in [0.5, 0.6) is 0 Å². The van der Waals surface area contributed by atoms with Gasteiger partial charge in [-0.2, -0.15) is 12.7 Å². The van der Waals surface area contributed by atoms with Crippen LogP contribution in [0.25, 0.3) is 0 Å². The topological polar surface area (TPSA) is 83.9 Å². The van der Waals surface area contributed by atoms with Crippen molar-refractivity contribution in [3.63, 3.8) is 0 Å². The van der Waals surface area contributed by atoms with Crippen LogP contribution in [-0.2, 0) is 19.8 Å². The maximum absolute atomic E-state index is 11.3. The summed E-state index contributed by atoms with van der Waals surface area (Å²) in [6, 6.07) is -0.192. The highest BCUT2D eigenvalue weighted by molar-refractivity contribution is 7.83. The van der Waals surface area contributed by atoms with Crippen LogP contribution in [0.15, 0.2) is 0 Å². The maximum atomic E-state index is 11.3. The quantitative estimate of drug-likeness (QED) is 0.586. The van der Waals surface area contributed by atoms with Crippen LogP contribution in [0.3, 0.4) is 0 Å². The Hall–Kier alpha value is -0.660. The molecule has 1 aliphatic rings. The molecule has 0 amide bonds. The highest BCUT2D eigenvalue weighted by Gasteiger charge is 2.29. The second-order valence-corrected chi connectivity index (χ2v) is 5.80. The SMILES string of the molecule is CCOC(=O)CCN(C1CCCCC1)S(=O)(=O)O. The van der Waals surface area contributed by atoms with Gasteiger partial charge in [0.25, 0.3) is 0 Å². The molecule has 0 bridgehead atoms. The van der Waals surface area contributed by atoms with Gasteiger partial charge >= 0.3 is 16.3 Å². The fourth-order valence-corrected chi connectivity index (χ4v) is 3.20. The Bertz CT molecular complexity index is 362. The van der Waals surface area contributed by atoms with Gasteiger partial charge in [0.15, 0.2) is 0 Å². The minimum absolute atomic E-state index is 0.0116. The Labute approximate surface area is 108 Å². The molecule has 1 aliphatic carbocycles. The predicted octanol–water partition coefficient (Wildman–Crippen LogP) is 1.38. The molecule has 106 valence electrons. The van der Waals surface area contributed by atoms with Crippen molar-refractivity contribution in [3.8, 4) is 0 Å². The van der Waals surface area contributed by atoms with E-state index in [1.54, 1.807) is 6.92 Å². The Kier molecular flexibility index (Phi) is 6.04. The summed E-state index contributed by atoms with van der Waals surface area (Å²) in [6.07, 6.45) is 4.45. The van der Waals surface area contributed by atoms with E-state index in [1.165, 1.54) is 0 Å². The number of ether oxygens (including phenoxy) is 1. The van der Waals surface area contributed by atoms with E-state index >= 15 is 0 Å². The van der Waals surface area contributed by atoms with Crippen LogP contribution in [0.4, 0.5) is 0 Å². The molecule has 1 saturated carbocycles. The summed E-state index contributed by atoms with van der Waals surface area (Å²) in [5.74, 6) is -0.443. The first kappa shape index (κ1) is 15.4. The van der Waals surface area contributed by atoms with Crippen molar-refractivity contribution in [3.05, 3.63) is 0 Å². The van der Waals surface area contributed by atoms with E-state index in [9.17, 15) is 17.8 Å². The summed E-state index contributed by atoms with van der Waals surface area (Å²) in [6.45, 7) is 1.95. The number of esters is 1. The van der Waals surface area contributed by atoms with Gasteiger partial charge in [-0.15, -0.1) is 0 Å². The summed E-state index contributed by atoms with van der Waals surface area (Å²) < 4.78 is 37.7. The smallest absolute Gasteiger partial charge is 0.336 e. The van der Waals surface area contributed by atoms with E-state index in [1.807, 2.05) is 0 Å². The zero-order valence-corrected chi connectivity index (χ0v) is 11.5. The first-order valence-electron chi connectivity index (χ1n) is 6.35. The Morgan fingerprint density at radius 2 is 1.94 bits per heavy atom. The lowest BCUT2D eigenvalue weighted by molar-refractivity contribution is -0.143. The van der Waals surface area contributed by atoms with Crippen LogP contribution in [0.1, 0.15) is 45.4 Å². The van der Waals surface area contributed by atoms with E-state index in [4.69, 9.17) is 4.74 Å². The number of nitrogens with zero attached hydrogens (tertiary/aromatic N) is 1. The fourth-order valence-electron chi connectivity index (χ4n) is 2.29. The number of rotatable bonds is 6. The number of hydrogen-bond acceptors (Lipinski definition) is 4. The van der Waals surface area contributed by atoms with Gasteiger partial charge in [-0.25, -0.2) is 0 Å². The van der Waals surface area contributed by atoms with Crippen LogP contribution >= 0.6 is 0 Å². The van der Waals surface area contributed by atoms with E-state index < -0.39 is 16.3 Å². The molecule has 0 aromatic heterocycles. The third-order valence-corrected chi connectivity index (χ3v) is 4.19. The van der Waals surface area contributed by atoms with Crippen molar-refractivity contribution in [2.24, 2.45) is 0 Å². The molecule has 1 rings (SSSR count). The fraction of sp³-hybridized carbons (Fsp3) is 0.909. The molecule has 0 spiro atoms. The molecular formula is C11H21NO5S. The first-order valence-corrected chi connectivity index (χ1v) is 7.74. The molecular weight excluding hydrogens is 258 g/mol. The Morgan fingerprint density at radius 1 is 1.33 bits per heavy atom. The lowest BCUT2D eigenvalue weighted by Crippen LogP contribution is -2.42. The van der Waals surface area contributed by atoms with Crippen molar-refractivity contribution >= 4 is 16.3 Å². The molecule has 0 unspecified atom stereocenters. The molecule has 0 aromatic rings. The minimum Gasteiger partial charge on any atom is -0.466 e. The molecule has 1 N–H and O–H groups in total. The molecule has 0 heterocycles. The van der Waals surface area contributed by atoms with Crippen molar-refractivity contribution in [1.29, 1.82) is 0 Å². The lowest BCUT2D eigenvalue weighted by Gasteiger charge is -2.30. The highest BCUT2D eigenvalue weighted by Crippen LogP contribution is 2.24. The zero-order valence-electron chi connectivity index (χ0n) is 10.7. The minimum atomic E-state index is -4.25. The van der Waals surface area contributed by atoms with E-state index in [-0.39, 0.29) is 25.6 Å². The van der Waals surface area contributed by atoms with Gasteiger partial charge in [0, 0.05) is 12.6 Å². The monoisotopic (exact) mass is 279 g/mol. The van der Waals surface area contributed by atoms with E-state index in [2.05, 4.69) is 0 Å². The summed E-state index contributed by atoms with van der Waals surface area (Å²) in [5.41, 5.74) is 0. The van der Waals surface area contributed by atoms with E-state index in [0.29, 0.717) is 0 Å². The van der Waals surface area contributed by atoms with Crippen LogP contribution in [0, 0.1) is 0 Å². The maximum Gasteiger partial charge on any atom is 0.336 e. The summed E-state index contributed by atoms with van der Waals surface area (Å²) in [4.78, 5) is 11.2. The van der Waals surface area contributed by atoms with E-state index in [0.717, 1.165) is 36.4 Å². The summed E-state index contributed by atoms with van der Waals surface area (Å²) in [5, 5.41) is 0. The Morgan fingerprint density at radius 3 is 2.44 bits per heavy atom. The van der Waals surface area contributed by atoms with Crippen LogP contribution in [-0.4, -0.2) is 42.4 Å². The molecule has 0 aliphatic heterocycles. The van der Waals surface area contributed by atoms with Gasteiger partial charge < -0.3 is 4.74 Å². The van der Waals surface area contributed by atoms with Crippen LogP contribution < -0.4 is 0 Å². The average Bonchev–Trinajstić information content (AvgIpc) is 2.29. The van der Waals surface area contributed by atoms with Crippen molar-refractivity contribution in [2.75, 3.05) is 13.2 Å². The lowest BCUT2D eigenvalue weighted by atomic mass is 9.95. The summed E-state index contributed by atoms with van der Waals surface area (Å²) in [7, 11) is -4.25. The van der Waals surface area contributed by atoms with Crippen molar-refractivity contribution < 1.29 is 22.5 Å².